The maximum absolute atomic E-state index is 12.1. The minimum Gasteiger partial charge on any atom is -0.381 e. The van der Waals surface area contributed by atoms with Crippen molar-refractivity contribution in [3.8, 4) is 0 Å². The van der Waals surface area contributed by atoms with Crippen LogP contribution in [0, 0.1) is 11.3 Å². The minimum absolute atomic E-state index is 0.0366. The number of anilines is 3. The Morgan fingerprint density at radius 2 is 1.86 bits per heavy atom. The molecule has 4 N–H and O–H groups in total. The summed E-state index contributed by atoms with van der Waals surface area (Å²) in [6.07, 6.45) is 5.43. The highest BCUT2D eigenvalue weighted by Crippen LogP contribution is 2.44. The van der Waals surface area contributed by atoms with Crippen LogP contribution in [-0.2, 0) is 9.53 Å². The predicted octanol–water partition coefficient (Wildman–Crippen LogP) is 5.97. The number of amides is 1. The number of aromatic nitrogens is 4. The van der Waals surface area contributed by atoms with Crippen LogP contribution in [0.25, 0.3) is 11.2 Å². The zero-order valence-electron chi connectivity index (χ0n) is 20.7. The Kier molecular flexibility index (Phi) is 7.42. The van der Waals surface area contributed by atoms with Crippen molar-refractivity contribution in [2.75, 3.05) is 23.8 Å². The average Bonchev–Trinajstić information content (AvgIpc) is 3.20. The van der Waals surface area contributed by atoms with Gasteiger partial charge in [0.25, 0.3) is 0 Å². The van der Waals surface area contributed by atoms with E-state index in [1.807, 2.05) is 6.92 Å². The van der Waals surface area contributed by atoms with E-state index in [9.17, 15) is 4.79 Å². The zero-order valence-corrected chi connectivity index (χ0v) is 23.0. The summed E-state index contributed by atoms with van der Waals surface area (Å²) in [6.45, 7) is 5.50. The second kappa shape index (κ2) is 10.4. The molecule has 0 spiro atoms. The molecule has 198 valence electrons. The Hall–Kier alpha value is -2.33. The summed E-state index contributed by atoms with van der Waals surface area (Å²) in [4.78, 5) is 26.3. The first-order chi connectivity index (χ1) is 17.6. The lowest BCUT2D eigenvalue weighted by Gasteiger charge is -2.35. The number of benzene rings is 1. The third-order valence-corrected chi connectivity index (χ3v) is 8.46. The van der Waals surface area contributed by atoms with Crippen molar-refractivity contribution < 1.29 is 9.53 Å². The molecule has 3 aromatic rings. The Morgan fingerprint density at radius 1 is 1.16 bits per heavy atom. The topological polar surface area (TPSA) is 120 Å². The van der Waals surface area contributed by atoms with Gasteiger partial charge in [-0.2, -0.15) is 4.98 Å². The molecule has 1 amide bonds. The van der Waals surface area contributed by atoms with Crippen LogP contribution < -0.4 is 16.4 Å². The molecule has 1 saturated carbocycles. The van der Waals surface area contributed by atoms with E-state index in [1.54, 1.807) is 18.3 Å². The summed E-state index contributed by atoms with van der Waals surface area (Å²) in [5.74, 6) is 1.16. The zero-order chi connectivity index (χ0) is 26.3. The third kappa shape index (κ3) is 5.32. The van der Waals surface area contributed by atoms with Gasteiger partial charge in [-0.05, 0) is 50.2 Å². The number of fused-ring (bicyclic) bond motifs is 1. The molecule has 1 unspecified atom stereocenters. The number of nitrogens with two attached hydrogens (primary N) is 1. The van der Waals surface area contributed by atoms with Crippen LogP contribution in [0.4, 0.5) is 17.6 Å². The molecule has 2 atom stereocenters. The largest absolute Gasteiger partial charge is 0.381 e. The lowest BCUT2D eigenvalue weighted by atomic mass is 9.73. The molecule has 0 bridgehead atoms. The Morgan fingerprint density at radius 3 is 2.51 bits per heavy atom. The van der Waals surface area contributed by atoms with Gasteiger partial charge in [0.2, 0.25) is 17.8 Å². The highest BCUT2D eigenvalue weighted by atomic mass is 35.5. The van der Waals surface area contributed by atoms with Crippen LogP contribution in [0.5, 0.6) is 0 Å². The number of hydrogen-bond donors (Lipinski definition) is 3. The number of imidazole rings is 1. The van der Waals surface area contributed by atoms with E-state index in [0.29, 0.717) is 75.8 Å². The summed E-state index contributed by atoms with van der Waals surface area (Å²) in [7, 11) is 0. The number of rotatable bonds is 6. The molecule has 2 aromatic heterocycles. The standard InChI is InChI=1S/C25H30Cl3N7O2/c1-13-12-37-8-5-18(13)31-23-30-11-19-21(34-23)35(15-3-6-25(2,7-4-15)22(29)36)24(32-19)33-20-16(27)9-14(26)10-17(20)28/h9-11,13,15,18H,3-8,12H2,1-2H3,(H2,29,36)(H,32,33)(H,30,31,34)/t13-,15?,18?,25?/m1/s1. The van der Waals surface area contributed by atoms with Crippen molar-refractivity contribution in [2.45, 2.75) is 58.0 Å². The van der Waals surface area contributed by atoms with E-state index in [-0.39, 0.29) is 18.0 Å². The van der Waals surface area contributed by atoms with Crippen LogP contribution in [-0.4, -0.2) is 44.7 Å². The fourth-order valence-electron chi connectivity index (χ4n) is 5.17. The molecule has 37 heavy (non-hydrogen) atoms. The van der Waals surface area contributed by atoms with E-state index in [2.05, 4.69) is 27.1 Å². The normalized spacial score (nSPS) is 26.2. The van der Waals surface area contributed by atoms with Crippen molar-refractivity contribution in [3.05, 3.63) is 33.4 Å². The quantitative estimate of drug-likeness (QED) is 0.336. The summed E-state index contributed by atoms with van der Waals surface area (Å²) in [6, 6.07) is 3.51. The summed E-state index contributed by atoms with van der Waals surface area (Å²) >= 11 is 19.1. The van der Waals surface area contributed by atoms with Crippen LogP contribution in [0.2, 0.25) is 15.1 Å². The molecule has 2 aliphatic rings. The summed E-state index contributed by atoms with van der Waals surface area (Å²) in [5, 5.41) is 7.99. The third-order valence-electron chi connectivity index (χ3n) is 7.65. The van der Waals surface area contributed by atoms with Crippen molar-refractivity contribution in [3.63, 3.8) is 0 Å². The first-order valence-electron chi connectivity index (χ1n) is 12.5. The molecule has 1 aliphatic carbocycles. The van der Waals surface area contributed by atoms with Crippen LogP contribution >= 0.6 is 34.8 Å². The van der Waals surface area contributed by atoms with E-state index in [1.165, 1.54) is 0 Å². The Balaban J connectivity index is 1.54. The van der Waals surface area contributed by atoms with Crippen LogP contribution in [0.1, 0.15) is 52.0 Å². The van der Waals surface area contributed by atoms with E-state index in [0.717, 1.165) is 19.3 Å². The number of halogens is 3. The number of nitrogens with one attached hydrogen (secondary N) is 2. The lowest BCUT2D eigenvalue weighted by Crippen LogP contribution is -2.38. The van der Waals surface area contributed by atoms with Crippen LogP contribution in [0.3, 0.4) is 0 Å². The van der Waals surface area contributed by atoms with Gasteiger partial charge in [0, 0.05) is 29.1 Å². The number of carbonyl (C=O) groups is 1. The molecule has 1 saturated heterocycles. The van der Waals surface area contributed by atoms with Crippen molar-refractivity contribution in [1.29, 1.82) is 0 Å². The monoisotopic (exact) mass is 565 g/mol. The fraction of sp³-hybridized carbons (Fsp3) is 0.520. The second-order valence-corrected chi connectivity index (χ2v) is 11.6. The molecule has 1 aromatic carbocycles. The number of nitrogens with zero attached hydrogens (tertiary/aromatic N) is 4. The van der Waals surface area contributed by atoms with E-state index < -0.39 is 5.41 Å². The highest BCUT2D eigenvalue weighted by Gasteiger charge is 2.38. The molecule has 2 fully saturated rings. The maximum atomic E-state index is 12.1. The fourth-order valence-corrected chi connectivity index (χ4v) is 6.08. The Labute approximate surface area is 230 Å². The smallest absolute Gasteiger partial charge is 0.224 e. The first kappa shape index (κ1) is 26.3. The molecule has 3 heterocycles. The number of ether oxygens (including phenoxy) is 1. The van der Waals surface area contributed by atoms with Gasteiger partial charge < -0.3 is 21.1 Å². The SMILES string of the molecule is C[C@@H]1COCCC1Nc1ncc2nc(Nc3c(Cl)cc(Cl)cc3Cl)n(C3CCC(C)(C(N)=O)CC3)c2n1. The molecular formula is C25H30Cl3N7O2. The summed E-state index contributed by atoms with van der Waals surface area (Å²) < 4.78 is 7.64. The summed E-state index contributed by atoms with van der Waals surface area (Å²) in [5.41, 5.74) is 7.01. The van der Waals surface area contributed by atoms with Crippen LogP contribution in [0.15, 0.2) is 18.3 Å². The molecule has 12 heteroatoms. The van der Waals surface area contributed by atoms with Crippen molar-refractivity contribution in [1.82, 2.24) is 19.5 Å². The Bertz CT molecular complexity index is 1300. The number of hydrogen-bond acceptors (Lipinski definition) is 7. The average molecular weight is 567 g/mol. The van der Waals surface area contributed by atoms with E-state index in [4.69, 9.17) is 55.2 Å². The first-order valence-corrected chi connectivity index (χ1v) is 13.6. The van der Waals surface area contributed by atoms with Gasteiger partial charge in [0.15, 0.2) is 5.65 Å². The maximum Gasteiger partial charge on any atom is 0.224 e. The molecule has 9 nitrogen and oxygen atoms in total. The minimum atomic E-state index is -0.524. The van der Waals surface area contributed by atoms with Gasteiger partial charge in [0.1, 0.15) is 5.52 Å². The van der Waals surface area contributed by atoms with Crippen molar-refractivity contribution >= 4 is 69.5 Å². The number of primary amides is 1. The van der Waals surface area contributed by atoms with E-state index >= 15 is 0 Å². The van der Waals surface area contributed by atoms with Gasteiger partial charge in [-0.1, -0.05) is 48.7 Å². The molecule has 5 rings (SSSR count). The van der Waals surface area contributed by atoms with Crippen molar-refractivity contribution in [2.24, 2.45) is 17.1 Å². The predicted molar refractivity (Wildman–Crippen MR) is 147 cm³/mol. The molecular weight excluding hydrogens is 537 g/mol. The number of carbonyl (C=O) groups excluding carboxylic acids is 1. The molecule has 0 radical (unpaired) electrons. The van der Waals surface area contributed by atoms with Gasteiger partial charge >= 0.3 is 0 Å². The van der Waals surface area contributed by atoms with Gasteiger partial charge in [-0.15, -0.1) is 0 Å². The lowest BCUT2D eigenvalue weighted by molar-refractivity contribution is -0.128. The second-order valence-electron chi connectivity index (χ2n) is 10.3. The van der Waals surface area contributed by atoms with Gasteiger partial charge in [0.05, 0.1) is 28.5 Å². The molecule has 1 aliphatic heterocycles. The highest BCUT2D eigenvalue weighted by molar-refractivity contribution is 6.41. The van der Waals surface area contributed by atoms with Gasteiger partial charge in [-0.25, -0.2) is 9.97 Å². The van der Waals surface area contributed by atoms with Gasteiger partial charge in [-0.3, -0.25) is 9.36 Å².